The Hall–Kier alpha value is -3.95. The number of carbonyl (C=O) groups excluding carboxylic acids is 2. The Morgan fingerprint density at radius 3 is 2.57 bits per heavy atom. The van der Waals surface area contributed by atoms with Gasteiger partial charge in [0.15, 0.2) is 11.6 Å². The van der Waals surface area contributed by atoms with E-state index in [9.17, 15) is 9.59 Å². The zero-order valence-electron chi connectivity index (χ0n) is 14.8. The fourth-order valence-electron chi connectivity index (χ4n) is 2.65. The molecule has 0 saturated carbocycles. The van der Waals surface area contributed by atoms with Gasteiger partial charge in [-0.1, -0.05) is 0 Å². The number of nitrogens with one attached hydrogen (secondary N) is 2. The molecule has 0 bridgehead atoms. The summed E-state index contributed by atoms with van der Waals surface area (Å²) in [5, 5.41) is 18.2. The summed E-state index contributed by atoms with van der Waals surface area (Å²) in [5.74, 6) is 0.926. The minimum absolute atomic E-state index is 0.0307. The molecule has 0 aliphatic carbocycles. The van der Waals surface area contributed by atoms with Gasteiger partial charge in [0.05, 0.1) is 6.54 Å². The summed E-state index contributed by atoms with van der Waals surface area (Å²) in [6.07, 6.45) is 3.00. The first-order valence-electron chi connectivity index (χ1n) is 8.60. The van der Waals surface area contributed by atoms with Gasteiger partial charge in [-0.25, -0.2) is 9.48 Å². The van der Waals surface area contributed by atoms with E-state index in [0.717, 1.165) is 5.69 Å². The second kappa shape index (κ2) is 7.74. The van der Waals surface area contributed by atoms with Gasteiger partial charge in [0.2, 0.25) is 5.91 Å². The molecule has 0 spiro atoms. The average Bonchev–Trinajstić information content (AvgIpc) is 3.37. The Labute approximate surface area is 160 Å². The van der Waals surface area contributed by atoms with Crippen molar-refractivity contribution in [1.82, 2.24) is 24.9 Å². The van der Waals surface area contributed by atoms with E-state index in [4.69, 9.17) is 4.74 Å². The van der Waals surface area contributed by atoms with Crippen LogP contribution in [0.1, 0.15) is 0 Å². The van der Waals surface area contributed by atoms with Gasteiger partial charge in [-0.2, -0.15) is 5.10 Å². The number of ether oxygens (including phenoxy) is 1. The number of carbonyl (C=O) groups is 2. The Kier molecular flexibility index (Phi) is 4.83. The van der Waals surface area contributed by atoms with Crippen LogP contribution in [0.4, 0.5) is 22.0 Å². The molecule has 2 N–H and O–H groups in total. The van der Waals surface area contributed by atoms with Gasteiger partial charge < -0.3 is 15.4 Å². The van der Waals surface area contributed by atoms with Crippen LogP contribution in [0.25, 0.3) is 5.82 Å². The molecule has 1 aromatic carbocycles. The maximum atomic E-state index is 12.0. The Morgan fingerprint density at radius 1 is 1.11 bits per heavy atom. The van der Waals surface area contributed by atoms with Crippen molar-refractivity contribution in [3.8, 4) is 5.82 Å². The van der Waals surface area contributed by atoms with Crippen LogP contribution >= 0.6 is 0 Å². The van der Waals surface area contributed by atoms with Crippen LogP contribution in [-0.4, -0.2) is 56.6 Å². The van der Waals surface area contributed by atoms with Crippen molar-refractivity contribution < 1.29 is 14.3 Å². The zero-order valence-corrected chi connectivity index (χ0v) is 14.8. The molecule has 28 heavy (non-hydrogen) atoms. The van der Waals surface area contributed by atoms with Crippen molar-refractivity contribution in [2.24, 2.45) is 0 Å². The molecule has 3 heterocycles. The Balaban J connectivity index is 1.33. The van der Waals surface area contributed by atoms with Crippen molar-refractivity contribution in [3.05, 3.63) is 54.9 Å². The third-order valence-electron chi connectivity index (χ3n) is 4.01. The van der Waals surface area contributed by atoms with Crippen LogP contribution in [0.3, 0.4) is 0 Å². The van der Waals surface area contributed by atoms with Gasteiger partial charge in [0.1, 0.15) is 13.2 Å². The molecule has 10 heteroatoms. The molecule has 3 aromatic rings. The van der Waals surface area contributed by atoms with Crippen LogP contribution in [0.2, 0.25) is 0 Å². The maximum Gasteiger partial charge on any atom is 0.410 e. The van der Waals surface area contributed by atoms with E-state index in [1.54, 1.807) is 41.3 Å². The molecule has 0 radical (unpaired) electrons. The molecule has 4 rings (SSSR count). The van der Waals surface area contributed by atoms with Gasteiger partial charge >= 0.3 is 6.09 Å². The van der Waals surface area contributed by atoms with E-state index < -0.39 is 6.09 Å². The van der Waals surface area contributed by atoms with Crippen LogP contribution in [0.15, 0.2) is 54.9 Å². The SMILES string of the molecule is O=C(CN1CCOC1=O)Nc1ccc(Nc2ccc(-n3cccn3)nn2)cc1. The molecule has 1 aliphatic rings. The number of rotatable bonds is 6. The summed E-state index contributed by atoms with van der Waals surface area (Å²) in [6.45, 7) is 0.713. The predicted octanol–water partition coefficient (Wildman–Crippen LogP) is 1.80. The fourth-order valence-corrected chi connectivity index (χ4v) is 2.65. The minimum Gasteiger partial charge on any atom is -0.448 e. The summed E-state index contributed by atoms with van der Waals surface area (Å²) in [5.41, 5.74) is 1.42. The summed E-state index contributed by atoms with van der Waals surface area (Å²) in [7, 11) is 0. The monoisotopic (exact) mass is 379 g/mol. The van der Waals surface area contributed by atoms with Crippen molar-refractivity contribution >= 4 is 29.2 Å². The molecule has 1 fully saturated rings. The fraction of sp³-hybridized carbons (Fsp3) is 0.167. The second-order valence-corrected chi connectivity index (χ2v) is 6.01. The van der Waals surface area contributed by atoms with Gasteiger partial charge in [-0.15, -0.1) is 10.2 Å². The maximum absolute atomic E-state index is 12.0. The zero-order chi connectivity index (χ0) is 19.3. The predicted molar refractivity (Wildman–Crippen MR) is 100 cm³/mol. The molecular formula is C18H17N7O3. The topological polar surface area (TPSA) is 114 Å². The number of cyclic esters (lactones) is 1. The van der Waals surface area contributed by atoms with Crippen LogP contribution in [0.5, 0.6) is 0 Å². The first-order valence-corrected chi connectivity index (χ1v) is 8.60. The third-order valence-corrected chi connectivity index (χ3v) is 4.01. The average molecular weight is 379 g/mol. The van der Waals surface area contributed by atoms with E-state index in [-0.39, 0.29) is 12.5 Å². The van der Waals surface area contributed by atoms with Gasteiger partial charge in [0, 0.05) is 23.8 Å². The van der Waals surface area contributed by atoms with Gasteiger partial charge in [0.25, 0.3) is 0 Å². The summed E-state index contributed by atoms with van der Waals surface area (Å²) < 4.78 is 6.42. The van der Waals surface area contributed by atoms with Gasteiger partial charge in [-0.3, -0.25) is 9.69 Å². The highest BCUT2D eigenvalue weighted by atomic mass is 16.6. The van der Waals surface area contributed by atoms with Crippen molar-refractivity contribution in [1.29, 1.82) is 0 Å². The number of aromatic nitrogens is 4. The largest absolute Gasteiger partial charge is 0.448 e. The Bertz CT molecular complexity index is 956. The quantitative estimate of drug-likeness (QED) is 0.671. The van der Waals surface area contributed by atoms with Crippen LogP contribution in [0, 0.1) is 0 Å². The number of benzene rings is 1. The van der Waals surface area contributed by atoms with Crippen molar-refractivity contribution in [2.75, 3.05) is 30.3 Å². The third kappa shape index (κ3) is 4.06. The lowest BCUT2D eigenvalue weighted by Crippen LogP contribution is -2.33. The molecule has 142 valence electrons. The smallest absolute Gasteiger partial charge is 0.410 e. The Morgan fingerprint density at radius 2 is 1.93 bits per heavy atom. The lowest BCUT2D eigenvalue weighted by Gasteiger charge is -2.12. The summed E-state index contributed by atoms with van der Waals surface area (Å²) >= 11 is 0. The molecular weight excluding hydrogens is 362 g/mol. The molecule has 0 unspecified atom stereocenters. The number of hydrogen-bond donors (Lipinski definition) is 2. The van der Waals surface area contributed by atoms with E-state index in [0.29, 0.717) is 30.5 Å². The first-order chi connectivity index (χ1) is 13.7. The molecule has 1 aliphatic heterocycles. The lowest BCUT2D eigenvalue weighted by molar-refractivity contribution is -0.116. The molecule has 10 nitrogen and oxygen atoms in total. The summed E-state index contributed by atoms with van der Waals surface area (Å²) in [4.78, 5) is 24.7. The highest BCUT2D eigenvalue weighted by Crippen LogP contribution is 2.18. The number of amides is 2. The van der Waals surface area contributed by atoms with E-state index >= 15 is 0 Å². The highest BCUT2D eigenvalue weighted by molar-refractivity contribution is 5.94. The molecule has 2 amide bonds. The van der Waals surface area contributed by atoms with Crippen LogP contribution in [-0.2, 0) is 9.53 Å². The molecule has 1 saturated heterocycles. The second-order valence-electron chi connectivity index (χ2n) is 6.01. The number of nitrogens with zero attached hydrogens (tertiary/aromatic N) is 5. The molecule has 2 aromatic heterocycles. The number of anilines is 3. The molecule has 0 atom stereocenters. The van der Waals surface area contributed by atoms with E-state index in [2.05, 4.69) is 25.9 Å². The van der Waals surface area contributed by atoms with E-state index in [1.807, 2.05) is 18.2 Å². The number of hydrogen-bond acceptors (Lipinski definition) is 7. The lowest BCUT2D eigenvalue weighted by atomic mass is 10.2. The van der Waals surface area contributed by atoms with Gasteiger partial charge in [-0.05, 0) is 42.5 Å². The van der Waals surface area contributed by atoms with Crippen molar-refractivity contribution in [3.63, 3.8) is 0 Å². The highest BCUT2D eigenvalue weighted by Gasteiger charge is 2.23. The minimum atomic E-state index is -0.464. The normalized spacial score (nSPS) is 13.3. The van der Waals surface area contributed by atoms with Crippen molar-refractivity contribution in [2.45, 2.75) is 0 Å². The van der Waals surface area contributed by atoms with E-state index in [1.165, 1.54) is 4.90 Å². The standard InChI is InChI=1S/C18H17N7O3/c26-17(12-24-10-11-28-18(24)27)21-14-4-2-13(3-5-14)20-15-6-7-16(23-22-15)25-9-1-8-19-25/h1-9H,10-12H2,(H,20,22)(H,21,26). The summed E-state index contributed by atoms with van der Waals surface area (Å²) in [6, 6.07) is 12.5. The first kappa shape index (κ1) is 17.5. The van der Waals surface area contributed by atoms with Crippen LogP contribution < -0.4 is 10.6 Å².